The molecule has 0 aliphatic rings. The summed E-state index contributed by atoms with van der Waals surface area (Å²) in [7, 11) is 0. The molecule has 5 N–H and O–H groups in total. The first-order valence-electron chi connectivity index (χ1n) is 4.63. The maximum absolute atomic E-state index is 13.0. The van der Waals surface area contributed by atoms with E-state index in [0.29, 0.717) is 0 Å². The van der Waals surface area contributed by atoms with Crippen LogP contribution in [0, 0.1) is 5.82 Å². The van der Waals surface area contributed by atoms with Crippen LogP contribution >= 0.6 is 0 Å². The molecule has 90 valence electrons. The number of aromatic amines is 1. The molecule has 1 unspecified atom stereocenters. The lowest BCUT2D eigenvalue weighted by Gasteiger charge is -2.17. The molecular formula is C8H13FN4O3. The van der Waals surface area contributed by atoms with E-state index in [1.165, 1.54) is 0 Å². The van der Waals surface area contributed by atoms with Crippen LogP contribution in [0.2, 0.25) is 0 Å². The molecule has 0 amide bonds. The van der Waals surface area contributed by atoms with Gasteiger partial charge in [-0.3, -0.25) is 14.3 Å². The normalized spacial score (nSPS) is 12.7. The number of nitrogens with two attached hydrogens (primary N) is 2. The lowest BCUT2D eigenvalue weighted by molar-refractivity contribution is 0.00964. The van der Waals surface area contributed by atoms with Crippen molar-refractivity contribution in [1.29, 1.82) is 0 Å². The van der Waals surface area contributed by atoms with E-state index in [4.69, 9.17) is 16.2 Å². The summed E-state index contributed by atoms with van der Waals surface area (Å²) in [6, 6.07) is 0. The van der Waals surface area contributed by atoms with Crippen LogP contribution in [0.5, 0.6) is 0 Å². The van der Waals surface area contributed by atoms with E-state index in [1.807, 2.05) is 4.98 Å². The minimum absolute atomic E-state index is 0.0363. The quantitative estimate of drug-likeness (QED) is 0.548. The van der Waals surface area contributed by atoms with Gasteiger partial charge in [0.05, 0.1) is 12.8 Å². The van der Waals surface area contributed by atoms with Gasteiger partial charge in [0.15, 0.2) is 6.23 Å². The van der Waals surface area contributed by atoms with Crippen LogP contribution in [0.15, 0.2) is 15.8 Å². The number of H-pyrrole nitrogens is 1. The summed E-state index contributed by atoms with van der Waals surface area (Å²) in [6.45, 7) is 0.386. The molecule has 8 heteroatoms. The second-order valence-electron chi connectivity index (χ2n) is 2.99. The highest BCUT2D eigenvalue weighted by Crippen LogP contribution is 2.02. The molecule has 1 aromatic heterocycles. The minimum Gasteiger partial charge on any atom is -0.355 e. The molecule has 1 atom stereocenters. The molecule has 0 bridgehead atoms. The van der Waals surface area contributed by atoms with Gasteiger partial charge in [-0.1, -0.05) is 0 Å². The van der Waals surface area contributed by atoms with Crippen molar-refractivity contribution >= 4 is 0 Å². The molecule has 0 aliphatic carbocycles. The van der Waals surface area contributed by atoms with Crippen LogP contribution in [0.25, 0.3) is 0 Å². The van der Waals surface area contributed by atoms with E-state index >= 15 is 0 Å². The molecule has 16 heavy (non-hydrogen) atoms. The van der Waals surface area contributed by atoms with Crippen LogP contribution < -0.4 is 22.7 Å². The predicted octanol–water partition coefficient (Wildman–Crippen LogP) is -1.89. The summed E-state index contributed by atoms with van der Waals surface area (Å²) in [5.41, 5.74) is 8.73. The van der Waals surface area contributed by atoms with E-state index in [-0.39, 0.29) is 19.7 Å². The number of hydrogen-bond acceptors (Lipinski definition) is 5. The highest BCUT2D eigenvalue weighted by molar-refractivity contribution is 4.88. The van der Waals surface area contributed by atoms with Crippen LogP contribution in [0.4, 0.5) is 4.39 Å². The van der Waals surface area contributed by atoms with Crippen molar-refractivity contribution in [3.8, 4) is 0 Å². The van der Waals surface area contributed by atoms with Crippen LogP contribution in [-0.4, -0.2) is 29.2 Å². The summed E-state index contributed by atoms with van der Waals surface area (Å²) in [6.07, 6.45) is -0.0859. The second-order valence-corrected chi connectivity index (χ2v) is 2.99. The number of halogens is 1. The van der Waals surface area contributed by atoms with Gasteiger partial charge in [-0.05, 0) is 0 Å². The molecule has 0 aliphatic heterocycles. The molecule has 0 saturated carbocycles. The predicted molar refractivity (Wildman–Crippen MR) is 54.4 cm³/mol. The van der Waals surface area contributed by atoms with Gasteiger partial charge in [0, 0.05) is 13.1 Å². The average molecular weight is 232 g/mol. The van der Waals surface area contributed by atoms with E-state index < -0.39 is 23.3 Å². The van der Waals surface area contributed by atoms with Gasteiger partial charge in [0.2, 0.25) is 5.82 Å². The zero-order valence-electron chi connectivity index (χ0n) is 8.48. The van der Waals surface area contributed by atoms with E-state index in [0.717, 1.165) is 10.8 Å². The molecule has 7 nitrogen and oxygen atoms in total. The van der Waals surface area contributed by atoms with Gasteiger partial charge < -0.3 is 16.2 Å². The molecule has 0 radical (unpaired) electrons. The number of ether oxygens (including phenoxy) is 1. The number of hydrogen-bond donors (Lipinski definition) is 3. The fourth-order valence-electron chi connectivity index (χ4n) is 1.14. The third kappa shape index (κ3) is 2.75. The standard InChI is InChI=1S/C8H13FN4O3/c9-5-4-13(8(15)12-7(5)14)6(3-11)16-2-1-10/h4,6H,1-3,10-11H2,(H,12,14,15). The first kappa shape index (κ1) is 12.6. The van der Waals surface area contributed by atoms with Crippen molar-refractivity contribution in [3.05, 3.63) is 32.9 Å². The Hall–Kier alpha value is -1.51. The Morgan fingerprint density at radius 2 is 2.19 bits per heavy atom. The van der Waals surface area contributed by atoms with Gasteiger partial charge in [-0.15, -0.1) is 0 Å². The summed E-state index contributed by atoms with van der Waals surface area (Å²) >= 11 is 0. The fraction of sp³-hybridized carbons (Fsp3) is 0.500. The lowest BCUT2D eigenvalue weighted by atomic mass is 10.5. The zero-order chi connectivity index (χ0) is 12.1. The largest absolute Gasteiger partial charge is 0.355 e. The molecule has 1 heterocycles. The fourth-order valence-corrected chi connectivity index (χ4v) is 1.14. The van der Waals surface area contributed by atoms with Crippen molar-refractivity contribution in [1.82, 2.24) is 9.55 Å². The Bertz CT molecular complexity index is 455. The summed E-state index contributed by atoms with van der Waals surface area (Å²) < 4.78 is 19.0. The third-order valence-corrected chi connectivity index (χ3v) is 1.86. The SMILES string of the molecule is NCCOC(CN)n1cc(F)c(=O)[nH]c1=O. The zero-order valence-corrected chi connectivity index (χ0v) is 8.48. The Kier molecular flexibility index (Phi) is 4.35. The Morgan fingerprint density at radius 3 is 2.75 bits per heavy atom. The first-order valence-corrected chi connectivity index (χ1v) is 4.63. The van der Waals surface area contributed by atoms with Crippen molar-refractivity contribution in [2.75, 3.05) is 19.7 Å². The van der Waals surface area contributed by atoms with Crippen molar-refractivity contribution < 1.29 is 9.13 Å². The topological polar surface area (TPSA) is 116 Å². The molecule has 0 fully saturated rings. The first-order chi connectivity index (χ1) is 7.60. The number of nitrogens with one attached hydrogen (secondary N) is 1. The minimum atomic E-state index is -1.07. The Labute approximate surface area is 89.8 Å². The lowest BCUT2D eigenvalue weighted by Crippen LogP contribution is -2.37. The average Bonchev–Trinajstić information content (AvgIpc) is 2.26. The van der Waals surface area contributed by atoms with Gasteiger partial charge in [0.1, 0.15) is 0 Å². The summed E-state index contributed by atoms with van der Waals surface area (Å²) in [5, 5.41) is 0. The molecule has 0 aromatic carbocycles. The molecule has 1 aromatic rings. The third-order valence-electron chi connectivity index (χ3n) is 1.86. The maximum Gasteiger partial charge on any atom is 0.330 e. The number of rotatable bonds is 5. The maximum atomic E-state index is 13.0. The van der Waals surface area contributed by atoms with Gasteiger partial charge in [-0.25, -0.2) is 4.79 Å². The summed E-state index contributed by atoms with van der Waals surface area (Å²) in [5.74, 6) is -1.07. The monoisotopic (exact) mass is 232 g/mol. The van der Waals surface area contributed by atoms with Crippen LogP contribution in [-0.2, 0) is 4.74 Å². The smallest absolute Gasteiger partial charge is 0.330 e. The van der Waals surface area contributed by atoms with Gasteiger partial charge in [0.25, 0.3) is 5.56 Å². The van der Waals surface area contributed by atoms with Crippen molar-refractivity contribution in [2.24, 2.45) is 11.5 Å². The molecular weight excluding hydrogens is 219 g/mol. The second kappa shape index (κ2) is 5.54. The Morgan fingerprint density at radius 1 is 1.50 bits per heavy atom. The number of nitrogens with zero attached hydrogens (tertiary/aromatic N) is 1. The molecule has 1 rings (SSSR count). The highest BCUT2D eigenvalue weighted by atomic mass is 19.1. The van der Waals surface area contributed by atoms with E-state index in [1.54, 1.807) is 0 Å². The van der Waals surface area contributed by atoms with Crippen LogP contribution in [0.3, 0.4) is 0 Å². The van der Waals surface area contributed by atoms with Crippen molar-refractivity contribution in [2.45, 2.75) is 6.23 Å². The number of aromatic nitrogens is 2. The van der Waals surface area contributed by atoms with Gasteiger partial charge >= 0.3 is 5.69 Å². The van der Waals surface area contributed by atoms with E-state index in [2.05, 4.69) is 0 Å². The van der Waals surface area contributed by atoms with Crippen molar-refractivity contribution in [3.63, 3.8) is 0 Å². The molecule has 0 spiro atoms. The molecule has 0 saturated heterocycles. The highest BCUT2D eigenvalue weighted by Gasteiger charge is 2.13. The Balaban J connectivity index is 3.05. The van der Waals surface area contributed by atoms with Crippen LogP contribution in [0.1, 0.15) is 6.23 Å². The van der Waals surface area contributed by atoms with Gasteiger partial charge in [-0.2, -0.15) is 4.39 Å². The van der Waals surface area contributed by atoms with E-state index in [9.17, 15) is 14.0 Å². The summed E-state index contributed by atoms with van der Waals surface area (Å²) in [4.78, 5) is 23.9.